The van der Waals surface area contributed by atoms with Gasteiger partial charge in [0, 0.05) is 11.1 Å². The number of aromatic nitrogens is 1. The Balaban J connectivity index is 2.88. The zero-order chi connectivity index (χ0) is 14.4. The van der Waals surface area contributed by atoms with Crippen molar-refractivity contribution in [1.29, 1.82) is 0 Å². The van der Waals surface area contributed by atoms with Crippen LogP contribution in [-0.4, -0.2) is 4.98 Å². The Kier molecular flexibility index (Phi) is 3.61. The van der Waals surface area contributed by atoms with Gasteiger partial charge < -0.3 is 0 Å². The fourth-order valence-corrected chi connectivity index (χ4v) is 3.16. The minimum Gasteiger partial charge on any atom is -0.252 e. The van der Waals surface area contributed by atoms with E-state index < -0.39 is 0 Å². The molecule has 1 heterocycles. The summed E-state index contributed by atoms with van der Waals surface area (Å²) in [6.07, 6.45) is 0. The van der Waals surface area contributed by atoms with Crippen molar-refractivity contribution >= 4 is 22.5 Å². The van der Waals surface area contributed by atoms with Crippen molar-refractivity contribution in [1.82, 2.24) is 4.98 Å². The second kappa shape index (κ2) is 4.79. The third kappa shape index (κ3) is 2.49. The van der Waals surface area contributed by atoms with Crippen LogP contribution >= 0.6 is 11.6 Å². The normalized spacial score (nSPS) is 12.4. The minimum absolute atomic E-state index is 0.0711. The van der Waals surface area contributed by atoms with Gasteiger partial charge in [0.25, 0.3) is 0 Å². The molecule has 0 amide bonds. The number of fused-ring (bicyclic) bond motifs is 1. The molecule has 0 atom stereocenters. The van der Waals surface area contributed by atoms with Gasteiger partial charge in [-0.1, -0.05) is 64.4 Å². The molecule has 0 bridgehead atoms. The first-order valence-corrected chi connectivity index (χ1v) is 7.20. The van der Waals surface area contributed by atoms with Gasteiger partial charge in [0.05, 0.1) is 10.5 Å². The van der Waals surface area contributed by atoms with Crippen LogP contribution in [0.25, 0.3) is 10.9 Å². The van der Waals surface area contributed by atoms with Crippen LogP contribution in [0.15, 0.2) is 18.2 Å². The van der Waals surface area contributed by atoms with Gasteiger partial charge in [-0.05, 0) is 29.4 Å². The predicted molar refractivity (Wildman–Crippen MR) is 84.3 cm³/mol. The van der Waals surface area contributed by atoms with E-state index in [2.05, 4.69) is 59.7 Å². The van der Waals surface area contributed by atoms with Crippen LogP contribution in [0.1, 0.15) is 57.4 Å². The van der Waals surface area contributed by atoms with Gasteiger partial charge in [0.2, 0.25) is 0 Å². The predicted octanol–water partition coefficient (Wildman–Crippen LogP) is 5.62. The van der Waals surface area contributed by atoms with Gasteiger partial charge in [0.15, 0.2) is 0 Å². The monoisotopic (exact) mass is 275 g/mol. The zero-order valence-electron chi connectivity index (χ0n) is 12.6. The highest BCUT2D eigenvalue weighted by atomic mass is 35.5. The Labute approximate surface area is 121 Å². The highest BCUT2D eigenvalue weighted by Gasteiger charge is 2.21. The summed E-state index contributed by atoms with van der Waals surface area (Å²) in [5.41, 5.74) is 4.58. The number of hydrogen-bond acceptors (Lipinski definition) is 1. The van der Waals surface area contributed by atoms with E-state index >= 15 is 0 Å². The van der Waals surface area contributed by atoms with Crippen molar-refractivity contribution < 1.29 is 0 Å². The summed E-state index contributed by atoms with van der Waals surface area (Å²) < 4.78 is 0. The Morgan fingerprint density at radius 1 is 1.16 bits per heavy atom. The van der Waals surface area contributed by atoms with Gasteiger partial charge in [0.1, 0.15) is 0 Å². The Hall–Kier alpha value is -1.08. The van der Waals surface area contributed by atoms with Crippen LogP contribution in [0, 0.1) is 6.92 Å². The van der Waals surface area contributed by atoms with Crippen LogP contribution in [-0.2, 0) is 5.41 Å². The summed E-state index contributed by atoms with van der Waals surface area (Å²) in [7, 11) is 0. The highest BCUT2D eigenvalue weighted by Crippen LogP contribution is 2.37. The Bertz CT molecular complexity index is 621. The number of pyridine rings is 1. The molecule has 0 aliphatic rings. The molecule has 1 aromatic heterocycles. The summed E-state index contributed by atoms with van der Waals surface area (Å²) in [6.45, 7) is 13.0. The van der Waals surface area contributed by atoms with E-state index in [1.54, 1.807) is 0 Å². The molecule has 2 rings (SSSR count). The maximum atomic E-state index is 6.62. The molecule has 1 nitrogen and oxygen atoms in total. The lowest BCUT2D eigenvalue weighted by Gasteiger charge is -2.22. The first kappa shape index (κ1) is 14.3. The molecule has 0 spiro atoms. The highest BCUT2D eigenvalue weighted by molar-refractivity contribution is 6.36. The van der Waals surface area contributed by atoms with Crippen molar-refractivity contribution in [3.8, 4) is 0 Å². The lowest BCUT2D eigenvalue weighted by molar-refractivity contribution is 0.594. The van der Waals surface area contributed by atoms with Crippen molar-refractivity contribution in [2.24, 2.45) is 0 Å². The Morgan fingerprint density at radius 3 is 2.32 bits per heavy atom. The molecule has 102 valence electrons. The molecular weight excluding hydrogens is 254 g/mol. The molecule has 2 heteroatoms. The van der Waals surface area contributed by atoms with E-state index in [9.17, 15) is 0 Å². The van der Waals surface area contributed by atoms with Crippen LogP contribution in [0.2, 0.25) is 5.02 Å². The molecule has 0 radical (unpaired) electrons. The zero-order valence-corrected chi connectivity index (χ0v) is 13.4. The molecule has 19 heavy (non-hydrogen) atoms. The van der Waals surface area contributed by atoms with E-state index in [1.165, 1.54) is 11.1 Å². The van der Waals surface area contributed by atoms with Crippen molar-refractivity contribution in [3.63, 3.8) is 0 Å². The average Bonchev–Trinajstić information content (AvgIpc) is 2.26. The smallest absolute Gasteiger partial charge is 0.0757 e. The van der Waals surface area contributed by atoms with Gasteiger partial charge >= 0.3 is 0 Å². The number of para-hydroxylation sites is 1. The lowest BCUT2D eigenvalue weighted by Crippen LogP contribution is -2.13. The third-order valence-electron chi connectivity index (χ3n) is 3.56. The largest absolute Gasteiger partial charge is 0.252 e. The van der Waals surface area contributed by atoms with Crippen molar-refractivity contribution in [2.45, 2.75) is 52.9 Å². The molecule has 0 unspecified atom stereocenters. The fraction of sp³-hybridized carbons (Fsp3) is 0.471. The summed E-state index contributed by atoms with van der Waals surface area (Å²) in [6, 6.07) is 6.31. The molecule has 0 fully saturated rings. The average molecular weight is 276 g/mol. The number of hydrogen-bond donors (Lipinski definition) is 0. The van der Waals surface area contributed by atoms with Crippen LogP contribution in [0.5, 0.6) is 0 Å². The standard InChI is InChI=1S/C17H22ClN/c1-10(2)14-11(3)19-16-12(15(14)18)8-7-9-13(16)17(4,5)6/h7-10H,1-6H3. The first-order chi connectivity index (χ1) is 8.73. The van der Waals surface area contributed by atoms with Gasteiger partial charge in [-0.3, -0.25) is 4.98 Å². The SMILES string of the molecule is Cc1nc2c(C(C)(C)C)cccc2c(Cl)c1C(C)C. The van der Waals surface area contributed by atoms with E-state index in [0.717, 1.165) is 21.6 Å². The number of halogens is 1. The van der Waals surface area contributed by atoms with E-state index in [-0.39, 0.29) is 5.41 Å². The minimum atomic E-state index is 0.0711. The van der Waals surface area contributed by atoms with E-state index in [1.807, 2.05) is 0 Å². The van der Waals surface area contributed by atoms with E-state index in [4.69, 9.17) is 16.6 Å². The Morgan fingerprint density at radius 2 is 1.79 bits per heavy atom. The molecule has 2 aromatic rings. The third-order valence-corrected chi connectivity index (χ3v) is 3.97. The number of nitrogens with zero attached hydrogens (tertiary/aromatic N) is 1. The van der Waals surface area contributed by atoms with Crippen molar-refractivity contribution in [2.75, 3.05) is 0 Å². The van der Waals surface area contributed by atoms with Crippen LogP contribution in [0.3, 0.4) is 0 Å². The van der Waals surface area contributed by atoms with Crippen LogP contribution < -0.4 is 0 Å². The second-order valence-electron chi connectivity index (χ2n) is 6.53. The maximum Gasteiger partial charge on any atom is 0.0757 e. The fourth-order valence-electron chi connectivity index (χ4n) is 2.65. The van der Waals surface area contributed by atoms with Crippen LogP contribution in [0.4, 0.5) is 0 Å². The van der Waals surface area contributed by atoms with Gasteiger partial charge in [-0.25, -0.2) is 0 Å². The van der Waals surface area contributed by atoms with Gasteiger partial charge in [-0.15, -0.1) is 0 Å². The number of benzene rings is 1. The summed E-state index contributed by atoms with van der Waals surface area (Å²) >= 11 is 6.62. The molecule has 0 aliphatic carbocycles. The molecule has 0 saturated heterocycles. The van der Waals surface area contributed by atoms with Crippen molar-refractivity contribution in [3.05, 3.63) is 40.0 Å². The lowest BCUT2D eigenvalue weighted by atomic mass is 9.85. The molecule has 0 aliphatic heterocycles. The first-order valence-electron chi connectivity index (χ1n) is 6.82. The van der Waals surface area contributed by atoms with E-state index in [0.29, 0.717) is 5.92 Å². The number of aryl methyl sites for hydroxylation is 1. The topological polar surface area (TPSA) is 12.9 Å². The maximum absolute atomic E-state index is 6.62. The summed E-state index contributed by atoms with van der Waals surface area (Å²) in [4.78, 5) is 4.84. The molecule has 1 aromatic carbocycles. The molecular formula is C17H22ClN. The molecule has 0 saturated carbocycles. The number of rotatable bonds is 1. The second-order valence-corrected chi connectivity index (χ2v) is 6.91. The summed E-state index contributed by atoms with van der Waals surface area (Å²) in [5, 5.41) is 1.94. The summed E-state index contributed by atoms with van der Waals surface area (Å²) in [5.74, 6) is 0.391. The van der Waals surface area contributed by atoms with Gasteiger partial charge in [-0.2, -0.15) is 0 Å². The quantitative estimate of drug-likeness (QED) is 0.658. The molecule has 0 N–H and O–H groups in total.